The van der Waals surface area contributed by atoms with Crippen LogP contribution in [0.2, 0.25) is 0 Å². The van der Waals surface area contributed by atoms with Crippen LogP contribution in [0.15, 0.2) is 24.3 Å². The molecule has 7 nitrogen and oxygen atoms in total. The molecule has 1 amide bonds. The normalized spacial score (nSPS) is 17.6. The Balaban J connectivity index is 1.97. The number of esters is 1. The van der Waals surface area contributed by atoms with Gasteiger partial charge >= 0.3 is 5.97 Å². The lowest BCUT2D eigenvalue weighted by atomic mass is 10.1. The lowest BCUT2D eigenvalue weighted by molar-refractivity contribution is -0.131. The van der Waals surface area contributed by atoms with Gasteiger partial charge in [0.05, 0.1) is 23.9 Å². The van der Waals surface area contributed by atoms with Gasteiger partial charge in [-0.1, -0.05) is 18.2 Å². The van der Waals surface area contributed by atoms with Crippen LogP contribution in [-0.4, -0.2) is 51.7 Å². The van der Waals surface area contributed by atoms with Crippen molar-refractivity contribution in [1.29, 1.82) is 0 Å². The highest BCUT2D eigenvalue weighted by Crippen LogP contribution is 2.29. The average Bonchev–Trinajstić information content (AvgIpc) is 2.96. The van der Waals surface area contributed by atoms with Gasteiger partial charge in [-0.3, -0.25) is 4.79 Å². The summed E-state index contributed by atoms with van der Waals surface area (Å²) in [5, 5.41) is 12.3. The van der Waals surface area contributed by atoms with Gasteiger partial charge in [-0.05, 0) is 33.8 Å². The molecule has 1 aromatic heterocycles. The Morgan fingerprint density at radius 1 is 1.31 bits per heavy atom. The smallest absolute Gasteiger partial charge is 0.361 e. The number of aromatic nitrogens is 2. The molecule has 2 aromatic rings. The number of nitrogens with one attached hydrogen (secondary N) is 1. The highest BCUT2D eigenvalue weighted by molar-refractivity contribution is 6.03. The number of carbonyl (C=O) groups is 2. The number of ether oxygens (including phenoxy) is 1. The van der Waals surface area contributed by atoms with Crippen molar-refractivity contribution in [3.8, 4) is 0 Å². The summed E-state index contributed by atoms with van der Waals surface area (Å²) >= 11 is 0. The number of fused-ring (bicyclic) bond motifs is 1. The molecule has 7 heteroatoms. The molecule has 0 aliphatic carbocycles. The third-order valence-corrected chi connectivity index (χ3v) is 4.42. The lowest BCUT2D eigenvalue weighted by Crippen LogP contribution is -2.43. The lowest BCUT2D eigenvalue weighted by Gasteiger charge is -2.32. The number of hydrogen-bond donors (Lipinski definition) is 1. The molecule has 1 unspecified atom stereocenters. The first-order valence-electron chi connectivity index (χ1n) is 8.80. The minimum Gasteiger partial charge on any atom is -0.461 e. The summed E-state index contributed by atoms with van der Waals surface area (Å²) in [5.41, 5.74) is 1.16. The summed E-state index contributed by atoms with van der Waals surface area (Å²) < 4.78 is 5.12. The summed E-state index contributed by atoms with van der Waals surface area (Å²) in [5.74, 6) is -0.427. The van der Waals surface area contributed by atoms with Crippen LogP contribution in [0.25, 0.3) is 10.9 Å². The second-order valence-corrected chi connectivity index (χ2v) is 7.38. The van der Waals surface area contributed by atoms with E-state index < -0.39 is 5.97 Å². The fourth-order valence-corrected chi connectivity index (χ4v) is 3.20. The van der Waals surface area contributed by atoms with Crippen molar-refractivity contribution in [2.45, 2.75) is 45.7 Å². The zero-order valence-electron chi connectivity index (χ0n) is 15.6. The van der Waals surface area contributed by atoms with Crippen LogP contribution in [0.5, 0.6) is 0 Å². The van der Waals surface area contributed by atoms with Gasteiger partial charge in [0, 0.05) is 23.9 Å². The Morgan fingerprint density at radius 3 is 2.69 bits per heavy atom. The molecule has 1 aromatic carbocycles. The molecule has 3 rings (SSSR count). The van der Waals surface area contributed by atoms with Gasteiger partial charge in [-0.25, -0.2) is 4.79 Å². The maximum absolute atomic E-state index is 12.4. The number of benzene rings is 1. The van der Waals surface area contributed by atoms with Crippen LogP contribution in [0.3, 0.4) is 0 Å². The van der Waals surface area contributed by atoms with E-state index in [1.165, 1.54) is 0 Å². The molecular weight excluding hydrogens is 332 g/mol. The number of hydrogen-bond acceptors (Lipinski definition) is 6. The van der Waals surface area contributed by atoms with Gasteiger partial charge in [0.15, 0.2) is 5.69 Å². The van der Waals surface area contributed by atoms with Crippen molar-refractivity contribution in [3.05, 3.63) is 30.0 Å². The Kier molecular flexibility index (Phi) is 4.80. The average molecular weight is 356 g/mol. The van der Waals surface area contributed by atoms with Crippen molar-refractivity contribution in [2.24, 2.45) is 0 Å². The topological polar surface area (TPSA) is 84.4 Å². The van der Waals surface area contributed by atoms with Gasteiger partial charge in [-0.2, -0.15) is 0 Å². The summed E-state index contributed by atoms with van der Waals surface area (Å²) in [7, 11) is 0. The number of likely N-dealkylation sites (tertiary alicyclic amines) is 1. The van der Waals surface area contributed by atoms with Crippen molar-refractivity contribution in [3.63, 3.8) is 0 Å². The molecule has 1 saturated heterocycles. The van der Waals surface area contributed by atoms with Crippen LogP contribution < -0.4 is 5.32 Å². The Labute approximate surface area is 152 Å². The Bertz CT molecular complexity index is 844. The van der Waals surface area contributed by atoms with Crippen molar-refractivity contribution in [2.75, 3.05) is 18.5 Å². The van der Waals surface area contributed by atoms with E-state index in [9.17, 15) is 9.59 Å². The molecule has 0 radical (unpaired) electrons. The third kappa shape index (κ3) is 3.47. The molecule has 0 saturated carbocycles. The number of anilines is 1. The molecule has 0 spiro atoms. The fraction of sp³-hybridized carbons (Fsp3) is 0.474. The molecule has 0 bridgehead atoms. The Hall–Kier alpha value is -2.70. The molecule has 138 valence electrons. The van der Waals surface area contributed by atoms with Gasteiger partial charge < -0.3 is 15.0 Å². The number of carbonyl (C=O) groups excluding carboxylic acids is 2. The molecule has 1 N–H and O–H groups in total. The number of amides is 1. The largest absolute Gasteiger partial charge is 0.461 e. The second kappa shape index (κ2) is 6.90. The predicted molar refractivity (Wildman–Crippen MR) is 99.0 cm³/mol. The van der Waals surface area contributed by atoms with Gasteiger partial charge in [-0.15, -0.1) is 10.2 Å². The predicted octanol–water partition coefficient (Wildman–Crippen LogP) is 2.62. The summed E-state index contributed by atoms with van der Waals surface area (Å²) in [6, 6.07) is 7.36. The second-order valence-electron chi connectivity index (χ2n) is 7.38. The third-order valence-electron chi connectivity index (χ3n) is 4.42. The van der Waals surface area contributed by atoms with Crippen LogP contribution in [0.1, 0.15) is 44.6 Å². The van der Waals surface area contributed by atoms with E-state index >= 15 is 0 Å². The van der Waals surface area contributed by atoms with E-state index in [1.54, 1.807) is 6.92 Å². The minimum absolute atomic E-state index is 0.0963. The molecule has 1 aliphatic rings. The zero-order chi connectivity index (χ0) is 18.9. The zero-order valence-corrected chi connectivity index (χ0v) is 15.6. The molecule has 2 heterocycles. The van der Waals surface area contributed by atoms with Crippen molar-refractivity contribution < 1.29 is 14.3 Å². The van der Waals surface area contributed by atoms with E-state index in [0.29, 0.717) is 24.2 Å². The van der Waals surface area contributed by atoms with E-state index in [2.05, 4.69) is 15.5 Å². The standard InChI is InChI=1S/C19H24N4O3/c1-5-26-18(25)17-16(13-8-6-7-9-14(13)21-22-17)20-12-10-15(24)23(11-12)19(2,3)4/h6-9,12H,5,10-11H2,1-4H3,(H,20,21). The summed E-state index contributed by atoms with van der Waals surface area (Å²) in [6.07, 6.45) is 0.371. The monoisotopic (exact) mass is 356 g/mol. The minimum atomic E-state index is -0.523. The van der Waals surface area contributed by atoms with E-state index in [0.717, 1.165) is 5.39 Å². The van der Waals surface area contributed by atoms with Crippen molar-refractivity contribution in [1.82, 2.24) is 15.1 Å². The van der Waals surface area contributed by atoms with E-state index in [1.807, 2.05) is 49.9 Å². The van der Waals surface area contributed by atoms with E-state index in [4.69, 9.17) is 4.74 Å². The molecule has 1 atom stereocenters. The van der Waals surface area contributed by atoms with Crippen LogP contribution in [0, 0.1) is 0 Å². The first kappa shape index (κ1) is 18.1. The molecule has 26 heavy (non-hydrogen) atoms. The summed E-state index contributed by atoms with van der Waals surface area (Å²) in [6.45, 7) is 8.62. The highest BCUT2D eigenvalue weighted by Gasteiger charge is 2.37. The number of rotatable bonds is 4. The van der Waals surface area contributed by atoms with Gasteiger partial charge in [0.1, 0.15) is 0 Å². The number of nitrogens with zero attached hydrogens (tertiary/aromatic N) is 3. The fourth-order valence-electron chi connectivity index (χ4n) is 3.20. The first-order valence-corrected chi connectivity index (χ1v) is 8.80. The van der Waals surface area contributed by atoms with Crippen molar-refractivity contribution >= 4 is 28.5 Å². The quantitative estimate of drug-likeness (QED) is 0.848. The highest BCUT2D eigenvalue weighted by atomic mass is 16.5. The Morgan fingerprint density at radius 2 is 2.04 bits per heavy atom. The summed E-state index contributed by atoms with van der Waals surface area (Å²) in [4.78, 5) is 26.6. The maximum Gasteiger partial charge on any atom is 0.361 e. The SMILES string of the molecule is CCOC(=O)c1nnc2ccccc2c1NC1CC(=O)N(C(C)(C)C)C1. The molecule has 1 aliphatic heterocycles. The maximum atomic E-state index is 12.4. The van der Waals surface area contributed by atoms with Gasteiger partial charge in [0.2, 0.25) is 5.91 Å². The van der Waals surface area contributed by atoms with E-state index in [-0.39, 0.29) is 29.8 Å². The first-order chi connectivity index (χ1) is 12.3. The van der Waals surface area contributed by atoms with Gasteiger partial charge in [0.25, 0.3) is 0 Å². The van der Waals surface area contributed by atoms with Crippen LogP contribution in [0.4, 0.5) is 5.69 Å². The molecule has 1 fully saturated rings. The van der Waals surface area contributed by atoms with Crippen LogP contribution >= 0.6 is 0 Å². The molecular formula is C19H24N4O3. The van der Waals surface area contributed by atoms with Crippen LogP contribution in [-0.2, 0) is 9.53 Å².